The van der Waals surface area contributed by atoms with E-state index >= 15 is 0 Å². The predicted octanol–water partition coefficient (Wildman–Crippen LogP) is 2.75. The third-order valence-electron chi connectivity index (χ3n) is 3.68. The number of rotatable bonds is 5. The van der Waals surface area contributed by atoms with Gasteiger partial charge in [-0.15, -0.1) is 0 Å². The number of aliphatic carboxylic acids is 1. The molecule has 1 fully saturated rings. The first-order valence-electron chi connectivity index (χ1n) is 6.54. The van der Waals surface area contributed by atoms with Gasteiger partial charge in [0.05, 0.1) is 0 Å². The van der Waals surface area contributed by atoms with Crippen LogP contribution < -0.4 is 0 Å². The van der Waals surface area contributed by atoms with Crippen LogP contribution in [0.5, 0.6) is 0 Å². The van der Waals surface area contributed by atoms with E-state index in [0.717, 1.165) is 32.2 Å². The van der Waals surface area contributed by atoms with Gasteiger partial charge < -0.3 is 5.11 Å². The Bertz CT molecular complexity index is 230. The molecule has 0 aliphatic carbocycles. The molecule has 94 valence electrons. The number of piperidine rings is 1. The van der Waals surface area contributed by atoms with Crippen molar-refractivity contribution in [2.75, 3.05) is 6.54 Å². The van der Waals surface area contributed by atoms with Crippen molar-refractivity contribution in [1.82, 2.24) is 4.90 Å². The van der Waals surface area contributed by atoms with Gasteiger partial charge in [0.25, 0.3) is 0 Å². The van der Waals surface area contributed by atoms with Gasteiger partial charge in [0, 0.05) is 12.6 Å². The standard InChI is InChI=1S/C13H25NO2/c1-4-5-6-12(13(15)16)14-9-10(2)7-8-11(14)3/h10-12H,4-9H2,1-3H3,(H,15,16). The van der Waals surface area contributed by atoms with Gasteiger partial charge in [-0.05, 0) is 32.1 Å². The number of unbranched alkanes of at least 4 members (excludes halogenated alkanes) is 1. The SMILES string of the molecule is CCCCC(C(=O)O)N1CC(C)CCC1C. The Morgan fingerprint density at radius 2 is 2.12 bits per heavy atom. The molecule has 0 aromatic rings. The van der Waals surface area contributed by atoms with Gasteiger partial charge in [0.1, 0.15) is 6.04 Å². The van der Waals surface area contributed by atoms with Crippen LogP contribution >= 0.6 is 0 Å². The molecule has 0 bridgehead atoms. The Morgan fingerprint density at radius 1 is 1.44 bits per heavy atom. The monoisotopic (exact) mass is 227 g/mol. The molecular weight excluding hydrogens is 202 g/mol. The fourth-order valence-electron chi connectivity index (χ4n) is 2.59. The molecule has 1 rings (SSSR count). The topological polar surface area (TPSA) is 40.5 Å². The van der Waals surface area contributed by atoms with Crippen molar-refractivity contribution in [2.24, 2.45) is 5.92 Å². The minimum atomic E-state index is -0.644. The van der Waals surface area contributed by atoms with E-state index in [0.29, 0.717) is 12.0 Å². The van der Waals surface area contributed by atoms with E-state index < -0.39 is 5.97 Å². The van der Waals surface area contributed by atoms with Gasteiger partial charge >= 0.3 is 5.97 Å². The van der Waals surface area contributed by atoms with E-state index in [-0.39, 0.29) is 6.04 Å². The number of hydrogen-bond acceptors (Lipinski definition) is 2. The van der Waals surface area contributed by atoms with Crippen LogP contribution in [0.1, 0.15) is 52.9 Å². The molecule has 16 heavy (non-hydrogen) atoms. The molecule has 1 aliphatic heterocycles. The highest BCUT2D eigenvalue weighted by Gasteiger charge is 2.32. The van der Waals surface area contributed by atoms with Gasteiger partial charge in [-0.3, -0.25) is 9.69 Å². The number of carboxylic acid groups (broad SMARTS) is 1. The lowest BCUT2D eigenvalue weighted by Gasteiger charge is -2.40. The summed E-state index contributed by atoms with van der Waals surface area (Å²) in [5.74, 6) is -0.00548. The molecule has 3 unspecified atom stereocenters. The molecule has 0 aromatic heterocycles. The van der Waals surface area contributed by atoms with E-state index in [9.17, 15) is 9.90 Å². The molecular formula is C13H25NO2. The number of nitrogens with zero attached hydrogens (tertiary/aromatic N) is 1. The summed E-state index contributed by atoms with van der Waals surface area (Å²) in [6, 6.07) is 0.159. The number of carbonyl (C=O) groups is 1. The summed E-state index contributed by atoms with van der Waals surface area (Å²) in [7, 11) is 0. The van der Waals surface area contributed by atoms with Crippen LogP contribution in [-0.2, 0) is 4.79 Å². The van der Waals surface area contributed by atoms with E-state index in [1.54, 1.807) is 0 Å². The van der Waals surface area contributed by atoms with Crippen molar-refractivity contribution in [3.05, 3.63) is 0 Å². The number of hydrogen-bond donors (Lipinski definition) is 1. The van der Waals surface area contributed by atoms with Crippen LogP contribution in [0.2, 0.25) is 0 Å². The lowest BCUT2D eigenvalue weighted by Crippen LogP contribution is -2.50. The second-order valence-electron chi connectivity index (χ2n) is 5.22. The Hall–Kier alpha value is -0.570. The van der Waals surface area contributed by atoms with E-state index in [1.165, 1.54) is 6.42 Å². The van der Waals surface area contributed by atoms with Crippen molar-refractivity contribution in [2.45, 2.75) is 65.0 Å². The van der Waals surface area contributed by atoms with Crippen LogP contribution in [0.3, 0.4) is 0 Å². The number of likely N-dealkylation sites (tertiary alicyclic amines) is 1. The van der Waals surface area contributed by atoms with E-state index in [1.807, 2.05) is 0 Å². The number of carboxylic acids is 1. The van der Waals surface area contributed by atoms with Gasteiger partial charge in [0.2, 0.25) is 0 Å². The van der Waals surface area contributed by atoms with E-state index in [2.05, 4.69) is 25.7 Å². The summed E-state index contributed by atoms with van der Waals surface area (Å²) < 4.78 is 0. The van der Waals surface area contributed by atoms with Crippen LogP contribution in [0.4, 0.5) is 0 Å². The quantitative estimate of drug-likeness (QED) is 0.785. The van der Waals surface area contributed by atoms with Crippen molar-refractivity contribution in [1.29, 1.82) is 0 Å². The third-order valence-corrected chi connectivity index (χ3v) is 3.68. The molecule has 0 saturated carbocycles. The van der Waals surface area contributed by atoms with Crippen molar-refractivity contribution in [3.8, 4) is 0 Å². The molecule has 1 N–H and O–H groups in total. The molecule has 1 saturated heterocycles. The van der Waals surface area contributed by atoms with Crippen molar-refractivity contribution in [3.63, 3.8) is 0 Å². The second kappa shape index (κ2) is 6.24. The zero-order chi connectivity index (χ0) is 12.1. The first-order chi connectivity index (χ1) is 7.56. The zero-order valence-electron chi connectivity index (χ0n) is 10.8. The fourth-order valence-corrected chi connectivity index (χ4v) is 2.59. The Morgan fingerprint density at radius 3 is 2.69 bits per heavy atom. The summed E-state index contributed by atoms with van der Waals surface area (Å²) in [6.07, 6.45) is 5.24. The molecule has 1 aliphatic rings. The minimum absolute atomic E-state index is 0.266. The first kappa shape index (κ1) is 13.5. The predicted molar refractivity (Wildman–Crippen MR) is 65.5 cm³/mol. The normalized spacial score (nSPS) is 28.9. The molecule has 3 heteroatoms. The van der Waals surface area contributed by atoms with E-state index in [4.69, 9.17) is 0 Å². The van der Waals surface area contributed by atoms with Gasteiger partial charge in [-0.25, -0.2) is 0 Å². The Labute approximate surface area is 98.8 Å². The molecule has 0 amide bonds. The second-order valence-corrected chi connectivity index (χ2v) is 5.22. The maximum atomic E-state index is 11.3. The summed E-state index contributed by atoms with van der Waals surface area (Å²) in [4.78, 5) is 13.5. The lowest BCUT2D eigenvalue weighted by molar-refractivity contribution is -0.145. The van der Waals surface area contributed by atoms with Crippen molar-refractivity contribution >= 4 is 5.97 Å². The highest BCUT2D eigenvalue weighted by Crippen LogP contribution is 2.25. The Kier molecular flexibility index (Phi) is 5.26. The van der Waals surface area contributed by atoms with Crippen LogP contribution in [0.25, 0.3) is 0 Å². The lowest BCUT2D eigenvalue weighted by atomic mass is 9.92. The molecule has 1 heterocycles. The van der Waals surface area contributed by atoms with Gasteiger partial charge in [-0.2, -0.15) is 0 Å². The first-order valence-corrected chi connectivity index (χ1v) is 6.54. The Balaban J connectivity index is 2.63. The molecule has 0 aromatic carbocycles. The zero-order valence-corrected chi connectivity index (χ0v) is 10.8. The van der Waals surface area contributed by atoms with Gasteiger partial charge in [0.15, 0.2) is 0 Å². The summed E-state index contributed by atoms with van der Waals surface area (Å²) in [5, 5.41) is 9.31. The average molecular weight is 227 g/mol. The van der Waals surface area contributed by atoms with Gasteiger partial charge in [-0.1, -0.05) is 26.7 Å². The maximum Gasteiger partial charge on any atom is 0.320 e. The van der Waals surface area contributed by atoms with Crippen LogP contribution in [-0.4, -0.2) is 34.6 Å². The summed E-state index contributed by atoms with van der Waals surface area (Å²) in [5.41, 5.74) is 0. The highest BCUT2D eigenvalue weighted by atomic mass is 16.4. The molecule has 0 spiro atoms. The molecule has 3 atom stereocenters. The average Bonchev–Trinajstić information content (AvgIpc) is 2.23. The fraction of sp³-hybridized carbons (Fsp3) is 0.923. The highest BCUT2D eigenvalue weighted by molar-refractivity contribution is 5.73. The smallest absolute Gasteiger partial charge is 0.320 e. The van der Waals surface area contributed by atoms with Crippen LogP contribution in [0.15, 0.2) is 0 Å². The summed E-state index contributed by atoms with van der Waals surface area (Å²) >= 11 is 0. The van der Waals surface area contributed by atoms with Crippen molar-refractivity contribution < 1.29 is 9.90 Å². The minimum Gasteiger partial charge on any atom is -0.480 e. The third kappa shape index (κ3) is 3.48. The van der Waals surface area contributed by atoms with Crippen LogP contribution in [0, 0.1) is 5.92 Å². The molecule has 3 nitrogen and oxygen atoms in total. The summed E-state index contributed by atoms with van der Waals surface area (Å²) in [6.45, 7) is 7.44. The maximum absolute atomic E-state index is 11.3. The largest absolute Gasteiger partial charge is 0.480 e. The molecule has 0 radical (unpaired) electrons.